The number of hydrogen-bond acceptors (Lipinski definition) is 2. The highest BCUT2D eigenvalue weighted by Gasteiger charge is 2.27. The van der Waals surface area contributed by atoms with Crippen molar-refractivity contribution in [2.75, 3.05) is 26.2 Å². The van der Waals surface area contributed by atoms with E-state index < -0.39 is 0 Å². The molecule has 0 radical (unpaired) electrons. The summed E-state index contributed by atoms with van der Waals surface area (Å²) in [6, 6.07) is 10.5. The van der Waals surface area contributed by atoms with Crippen LogP contribution in [0.2, 0.25) is 0 Å². The lowest BCUT2D eigenvalue weighted by molar-refractivity contribution is 0.0603. The molecule has 3 rings (SSSR count). The summed E-state index contributed by atoms with van der Waals surface area (Å²) in [5.41, 5.74) is 2.82. The van der Waals surface area contributed by atoms with E-state index in [-0.39, 0.29) is 0 Å². The summed E-state index contributed by atoms with van der Waals surface area (Å²) in [5.74, 6) is 0. The highest BCUT2D eigenvalue weighted by molar-refractivity contribution is 5.23. The summed E-state index contributed by atoms with van der Waals surface area (Å²) in [6.07, 6.45) is 7.23. The highest BCUT2D eigenvalue weighted by Crippen LogP contribution is 2.26. The lowest BCUT2D eigenvalue weighted by Gasteiger charge is -2.42. The van der Waals surface area contributed by atoms with Crippen molar-refractivity contribution in [1.29, 1.82) is 0 Å². The Hall–Kier alpha value is -0.860. The van der Waals surface area contributed by atoms with Gasteiger partial charge in [-0.3, -0.25) is 9.80 Å². The van der Waals surface area contributed by atoms with Crippen molar-refractivity contribution >= 4 is 0 Å². The standard InChI is InChI=1S/C19H30N2/c1-16-8-10-18(11-9-16)17(2)20-12-14-21(15-13-20)19-6-4-3-5-7-19/h8-11,17,19H,3-7,12-15H2,1-2H3/t17-/m0/s1. The molecule has 1 aliphatic heterocycles. The van der Waals surface area contributed by atoms with Crippen molar-refractivity contribution in [2.45, 2.75) is 58.0 Å². The lowest BCUT2D eigenvalue weighted by Crippen LogP contribution is -2.51. The maximum absolute atomic E-state index is 2.76. The Kier molecular flexibility index (Phi) is 4.97. The molecule has 0 unspecified atom stereocenters. The fraction of sp³-hybridized carbons (Fsp3) is 0.684. The molecule has 116 valence electrons. The van der Waals surface area contributed by atoms with Crippen molar-refractivity contribution in [3.8, 4) is 0 Å². The van der Waals surface area contributed by atoms with Crippen LogP contribution in [0.3, 0.4) is 0 Å². The first-order valence-corrected chi connectivity index (χ1v) is 8.79. The Balaban J connectivity index is 1.53. The van der Waals surface area contributed by atoms with Crippen molar-refractivity contribution in [2.24, 2.45) is 0 Å². The van der Waals surface area contributed by atoms with Gasteiger partial charge < -0.3 is 0 Å². The Morgan fingerprint density at radius 2 is 1.52 bits per heavy atom. The summed E-state index contributed by atoms with van der Waals surface area (Å²) >= 11 is 0. The minimum atomic E-state index is 0.555. The third-order valence-corrected chi connectivity index (χ3v) is 5.55. The average molecular weight is 286 g/mol. The Morgan fingerprint density at radius 1 is 0.905 bits per heavy atom. The molecule has 0 spiro atoms. The van der Waals surface area contributed by atoms with Gasteiger partial charge in [-0.05, 0) is 32.3 Å². The molecular formula is C19H30N2. The molecule has 1 atom stereocenters. The average Bonchev–Trinajstić information content (AvgIpc) is 2.56. The minimum Gasteiger partial charge on any atom is -0.298 e. The van der Waals surface area contributed by atoms with Gasteiger partial charge in [0.25, 0.3) is 0 Å². The van der Waals surface area contributed by atoms with Crippen LogP contribution < -0.4 is 0 Å². The lowest BCUT2D eigenvalue weighted by atomic mass is 9.93. The molecule has 1 saturated carbocycles. The first-order valence-electron chi connectivity index (χ1n) is 8.79. The molecule has 1 aromatic carbocycles. The van der Waals surface area contributed by atoms with Crippen LogP contribution in [-0.2, 0) is 0 Å². The number of rotatable bonds is 3. The maximum atomic E-state index is 2.76. The summed E-state index contributed by atoms with van der Waals surface area (Å²) in [6.45, 7) is 9.51. The quantitative estimate of drug-likeness (QED) is 0.828. The number of hydrogen-bond donors (Lipinski definition) is 0. The molecule has 1 saturated heterocycles. The zero-order valence-corrected chi connectivity index (χ0v) is 13.7. The maximum Gasteiger partial charge on any atom is 0.0320 e. The van der Waals surface area contributed by atoms with E-state index >= 15 is 0 Å². The Morgan fingerprint density at radius 3 is 2.14 bits per heavy atom. The van der Waals surface area contributed by atoms with E-state index in [0.717, 1.165) is 6.04 Å². The summed E-state index contributed by atoms with van der Waals surface area (Å²) in [7, 11) is 0. The van der Waals surface area contributed by atoms with Crippen LogP contribution >= 0.6 is 0 Å². The monoisotopic (exact) mass is 286 g/mol. The fourth-order valence-corrected chi connectivity index (χ4v) is 3.99. The predicted molar refractivity (Wildman–Crippen MR) is 89.6 cm³/mol. The molecular weight excluding hydrogens is 256 g/mol. The van der Waals surface area contributed by atoms with Gasteiger partial charge in [-0.2, -0.15) is 0 Å². The summed E-state index contributed by atoms with van der Waals surface area (Å²) in [5, 5.41) is 0. The molecule has 2 nitrogen and oxygen atoms in total. The number of aryl methyl sites for hydroxylation is 1. The van der Waals surface area contributed by atoms with Crippen LogP contribution in [0.4, 0.5) is 0 Å². The third-order valence-electron chi connectivity index (χ3n) is 5.55. The fourth-order valence-electron chi connectivity index (χ4n) is 3.99. The summed E-state index contributed by atoms with van der Waals surface area (Å²) < 4.78 is 0. The second kappa shape index (κ2) is 6.93. The normalized spacial score (nSPS) is 24.1. The van der Waals surface area contributed by atoms with Crippen LogP contribution in [0.5, 0.6) is 0 Å². The molecule has 0 amide bonds. The van der Waals surface area contributed by atoms with Crippen LogP contribution in [-0.4, -0.2) is 42.0 Å². The Labute approximate surface area is 130 Å². The van der Waals surface area contributed by atoms with Gasteiger partial charge in [-0.15, -0.1) is 0 Å². The van der Waals surface area contributed by atoms with Gasteiger partial charge in [0.2, 0.25) is 0 Å². The van der Waals surface area contributed by atoms with E-state index in [4.69, 9.17) is 0 Å². The third kappa shape index (κ3) is 3.67. The highest BCUT2D eigenvalue weighted by atomic mass is 15.3. The second-order valence-electron chi connectivity index (χ2n) is 6.95. The van der Waals surface area contributed by atoms with Crippen LogP contribution in [0.25, 0.3) is 0 Å². The van der Waals surface area contributed by atoms with E-state index in [1.165, 1.54) is 69.4 Å². The summed E-state index contributed by atoms with van der Waals surface area (Å²) in [4.78, 5) is 5.42. The predicted octanol–water partition coefficient (Wildman–Crippen LogP) is 4.01. The SMILES string of the molecule is Cc1ccc([C@H](C)N2CCN(C3CCCCC3)CC2)cc1. The number of benzene rings is 1. The molecule has 1 heterocycles. The molecule has 1 aliphatic carbocycles. The van der Waals surface area contributed by atoms with Crippen LogP contribution in [0, 0.1) is 6.92 Å². The molecule has 0 bridgehead atoms. The molecule has 2 fully saturated rings. The zero-order chi connectivity index (χ0) is 14.7. The molecule has 2 heteroatoms. The van der Waals surface area contributed by atoms with E-state index in [1.54, 1.807) is 0 Å². The van der Waals surface area contributed by atoms with E-state index in [2.05, 4.69) is 47.9 Å². The van der Waals surface area contributed by atoms with Crippen LogP contribution in [0.1, 0.15) is 56.2 Å². The van der Waals surface area contributed by atoms with Crippen molar-refractivity contribution in [3.63, 3.8) is 0 Å². The van der Waals surface area contributed by atoms with Gasteiger partial charge in [0, 0.05) is 38.3 Å². The van der Waals surface area contributed by atoms with Gasteiger partial charge in [-0.25, -0.2) is 0 Å². The largest absolute Gasteiger partial charge is 0.298 e. The van der Waals surface area contributed by atoms with Gasteiger partial charge in [0.15, 0.2) is 0 Å². The van der Waals surface area contributed by atoms with Gasteiger partial charge in [0.05, 0.1) is 0 Å². The molecule has 0 N–H and O–H groups in total. The van der Waals surface area contributed by atoms with Crippen LogP contribution in [0.15, 0.2) is 24.3 Å². The van der Waals surface area contributed by atoms with E-state index in [0.29, 0.717) is 6.04 Å². The van der Waals surface area contributed by atoms with Crippen molar-refractivity contribution in [3.05, 3.63) is 35.4 Å². The molecule has 21 heavy (non-hydrogen) atoms. The molecule has 0 aromatic heterocycles. The zero-order valence-electron chi connectivity index (χ0n) is 13.7. The second-order valence-corrected chi connectivity index (χ2v) is 6.95. The first kappa shape index (κ1) is 15.1. The first-order chi connectivity index (χ1) is 10.2. The minimum absolute atomic E-state index is 0.555. The number of nitrogens with zero attached hydrogens (tertiary/aromatic N) is 2. The van der Waals surface area contributed by atoms with Crippen molar-refractivity contribution in [1.82, 2.24) is 9.80 Å². The topological polar surface area (TPSA) is 6.48 Å². The molecule has 2 aliphatic rings. The van der Waals surface area contributed by atoms with Crippen molar-refractivity contribution < 1.29 is 0 Å². The Bertz CT molecular complexity index is 425. The van der Waals surface area contributed by atoms with Gasteiger partial charge >= 0.3 is 0 Å². The van der Waals surface area contributed by atoms with Gasteiger partial charge in [-0.1, -0.05) is 49.1 Å². The van der Waals surface area contributed by atoms with E-state index in [9.17, 15) is 0 Å². The number of piperazine rings is 1. The van der Waals surface area contributed by atoms with E-state index in [1.807, 2.05) is 0 Å². The van der Waals surface area contributed by atoms with Gasteiger partial charge in [0.1, 0.15) is 0 Å². The molecule has 1 aromatic rings. The smallest absolute Gasteiger partial charge is 0.0320 e.